The number of piperazine rings is 1. The summed E-state index contributed by atoms with van der Waals surface area (Å²) in [6.07, 6.45) is -0.331. The average molecular weight is 374 g/mol. The van der Waals surface area contributed by atoms with Gasteiger partial charge in [0, 0.05) is 37.9 Å². The normalized spacial score (nSPS) is 15.1. The molecule has 0 bridgehead atoms. The lowest BCUT2D eigenvalue weighted by Gasteiger charge is -2.36. The number of anilines is 1. The third kappa shape index (κ3) is 4.21. The van der Waals surface area contributed by atoms with Crippen molar-refractivity contribution in [2.24, 2.45) is 0 Å². The number of ether oxygens (including phenoxy) is 1. The smallest absolute Gasteiger partial charge is 0.410 e. The van der Waals surface area contributed by atoms with Crippen LogP contribution in [0.25, 0.3) is 11.0 Å². The first-order chi connectivity index (χ1) is 12.6. The monoisotopic (exact) mass is 374 g/mol. The maximum atomic E-state index is 12.2. The summed E-state index contributed by atoms with van der Waals surface area (Å²) in [5.74, 6) is -1.66. The Morgan fingerprint density at radius 2 is 1.78 bits per heavy atom. The van der Waals surface area contributed by atoms with Gasteiger partial charge in [-0.05, 0) is 39.0 Å². The summed E-state index contributed by atoms with van der Waals surface area (Å²) in [4.78, 5) is 39.1. The number of carboxylic acids is 1. The van der Waals surface area contributed by atoms with Crippen LogP contribution in [0.2, 0.25) is 0 Å². The molecule has 0 aliphatic carbocycles. The number of carboxylic acid groups (broad SMARTS) is 1. The third-order valence-electron chi connectivity index (χ3n) is 4.22. The molecule has 0 spiro atoms. The number of rotatable bonds is 2. The van der Waals surface area contributed by atoms with Gasteiger partial charge in [0.05, 0.1) is 5.39 Å². The molecule has 1 fully saturated rings. The topological polar surface area (TPSA) is 100 Å². The second-order valence-electron chi connectivity index (χ2n) is 7.41. The van der Waals surface area contributed by atoms with Gasteiger partial charge in [-0.25, -0.2) is 9.59 Å². The lowest BCUT2D eigenvalue weighted by molar-refractivity contribution is 0.0240. The van der Waals surface area contributed by atoms with Crippen LogP contribution < -0.4 is 10.3 Å². The number of aromatic carboxylic acids is 1. The molecule has 1 amide bonds. The Hall–Kier alpha value is -3.03. The van der Waals surface area contributed by atoms with Gasteiger partial charge in [-0.15, -0.1) is 0 Å². The first kappa shape index (κ1) is 18.8. The van der Waals surface area contributed by atoms with Crippen molar-refractivity contribution in [1.82, 2.24) is 4.90 Å². The van der Waals surface area contributed by atoms with Crippen molar-refractivity contribution in [3.05, 3.63) is 40.2 Å². The molecule has 0 unspecified atom stereocenters. The molecule has 2 heterocycles. The third-order valence-corrected chi connectivity index (χ3v) is 4.22. The Balaban J connectivity index is 1.75. The number of carbonyl (C=O) groups excluding carboxylic acids is 1. The highest BCUT2D eigenvalue weighted by atomic mass is 16.6. The zero-order chi connectivity index (χ0) is 19.8. The van der Waals surface area contributed by atoms with E-state index in [-0.39, 0.29) is 17.4 Å². The fourth-order valence-corrected chi connectivity index (χ4v) is 2.92. The van der Waals surface area contributed by atoms with Gasteiger partial charge in [0.15, 0.2) is 5.43 Å². The van der Waals surface area contributed by atoms with Gasteiger partial charge in [-0.1, -0.05) is 0 Å². The van der Waals surface area contributed by atoms with Gasteiger partial charge in [-0.2, -0.15) is 0 Å². The summed E-state index contributed by atoms with van der Waals surface area (Å²) in [5, 5.41) is 9.31. The summed E-state index contributed by atoms with van der Waals surface area (Å²) < 4.78 is 10.6. The van der Waals surface area contributed by atoms with E-state index in [1.54, 1.807) is 23.1 Å². The summed E-state index contributed by atoms with van der Waals surface area (Å²) in [6.45, 7) is 7.72. The maximum Gasteiger partial charge on any atom is 0.410 e. The summed E-state index contributed by atoms with van der Waals surface area (Å²) >= 11 is 0. The Kier molecular flexibility index (Phi) is 4.82. The lowest BCUT2D eigenvalue weighted by Crippen LogP contribution is -2.50. The highest BCUT2D eigenvalue weighted by molar-refractivity contribution is 5.88. The molecular weight excluding hydrogens is 352 g/mol. The maximum absolute atomic E-state index is 12.2. The second-order valence-corrected chi connectivity index (χ2v) is 7.41. The molecule has 8 nitrogen and oxygen atoms in total. The molecule has 1 aliphatic rings. The molecule has 8 heteroatoms. The van der Waals surface area contributed by atoms with Gasteiger partial charge in [0.1, 0.15) is 11.2 Å². The highest BCUT2D eigenvalue weighted by Crippen LogP contribution is 2.23. The van der Waals surface area contributed by atoms with Gasteiger partial charge >= 0.3 is 12.1 Å². The largest absolute Gasteiger partial charge is 0.475 e. The van der Waals surface area contributed by atoms with E-state index in [0.717, 1.165) is 11.8 Å². The van der Waals surface area contributed by atoms with Crippen LogP contribution in [0.15, 0.2) is 33.5 Å². The second kappa shape index (κ2) is 6.94. The van der Waals surface area contributed by atoms with Crippen molar-refractivity contribution >= 4 is 28.7 Å². The van der Waals surface area contributed by atoms with E-state index in [2.05, 4.69) is 4.90 Å². The Morgan fingerprint density at radius 3 is 2.37 bits per heavy atom. The fourth-order valence-electron chi connectivity index (χ4n) is 2.92. The lowest BCUT2D eigenvalue weighted by atomic mass is 10.1. The number of amides is 1. The van der Waals surface area contributed by atoms with Gasteiger partial charge in [-0.3, -0.25) is 4.79 Å². The fraction of sp³-hybridized carbons (Fsp3) is 0.421. The minimum Gasteiger partial charge on any atom is -0.475 e. The number of hydrogen-bond donors (Lipinski definition) is 1. The summed E-state index contributed by atoms with van der Waals surface area (Å²) in [7, 11) is 0. The summed E-state index contributed by atoms with van der Waals surface area (Å²) in [5.41, 5.74) is 0.121. The van der Waals surface area contributed by atoms with Crippen molar-refractivity contribution in [3.8, 4) is 0 Å². The predicted molar refractivity (Wildman–Crippen MR) is 99.5 cm³/mol. The van der Waals surface area contributed by atoms with Gasteiger partial charge < -0.3 is 24.1 Å². The molecule has 27 heavy (non-hydrogen) atoms. The molecule has 1 saturated heterocycles. The number of fused-ring (bicyclic) bond motifs is 1. The first-order valence-corrected chi connectivity index (χ1v) is 8.68. The van der Waals surface area contributed by atoms with E-state index in [0.29, 0.717) is 31.6 Å². The van der Waals surface area contributed by atoms with E-state index in [1.165, 1.54) is 0 Å². The van der Waals surface area contributed by atoms with Crippen LogP contribution in [-0.2, 0) is 4.74 Å². The van der Waals surface area contributed by atoms with Crippen LogP contribution in [0.1, 0.15) is 31.3 Å². The van der Waals surface area contributed by atoms with Crippen LogP contribution in [0.4, 0.5) is 10.5 Å². The standard InChI is InChI=1S/C19H22N2O6/c1-19(2,3)27-18(25)21-8-6-20(7-9-21)12-4-5-15-13(10-12)14(22)11-16(26-15)17(23)24/h4-5,10-11H,6-9H2,1-3H3,(H,23,24). The van der Waals surface area contributed by atoms with Crippen molar-refractivity contribution in [2.45, 2.75) is 26.4 Å². The molecule has 0 atom stereocenters. The van der Waals surface area contributed by atoms with Crippen LogP contribution in [0.5, 0.6) is 0 Å². The zero-order valence-corrected chi connectivity index (χ0v) is 15.5. The van der Waals surface area contributed by atoms with Gasteiger partial charge in [0.25, 0.3) is 0 Å². The van der Waals surface area contributed by atoms with Crippen molar-refractivity contribution in [1.29, 1.82) is 0 Å². The van der Waals surface area contributed by atoms with E-state index in [4.69, 9.17) is 14.3 Å². The minimum absolute atomic E-state index is 0.232. The molecule has 0 radical (unpaired) electrons. The Bertz CT molecular complexity index is 935. The van der Waals surface area contributed by atoms with Crippen molar-refractivity contribution in [3.63, 3.8) is 0 Å². The highest BCUT2D eigenvalue weighted by Gasteiger charge is 2.26. The van der Waals surface area contributed by atoms with Crippen molar-refractivity contribution in [2.75, 3.05) is 31.1 Å². The summed E-state index contributed by atoms with van der Waals surface area (Å²) in [6, 6.07) is 6.05. The van der Waals surface area contributed by atoms with Crippen LogP contribution in [0.3, 0.4) is 0 Å². The molecule has 0 saturated carbocycles. The number of carbonyl (C=O) groups is 2. The molecule has 144 valence electrons. The SMILES string of the molecule is CC(C)(C)OC(=O)N1CCN(c2ccc3oc(C(=O)O)cc(=O)c3c2)CC1. The molecular formula is C19H22N2O6. The van der Waals surface area contributed by atoms with E-state index < -0.39 is 17.0 Å². The quantitative estimate of drug-likeness (QED) is 0.862. The number of benzene rings is 1. The van der Waals surface area contributed by atoms with Gasteiger partial charge in [0.2, 0.25) is 5.76 Å². The van der Waals surface area contributed by atoms with E-state index >= 15 is 0 Å². The first-order valence-electron chi connectivity index (χ1n) is 8.68. The molecule has 3 rings (SSSR count). The van der Waals surface area contributed by atoms with Crippen LogP contribution in [0, 0.1) is 0 Å². The number of nitrogens with zero attached hydrogens (tertiary/aromatic N) is 2. The Morgan fingerprint density at radius 1 is 1.11 bits per heavy atom. The minimum atomic E-state index is -1.28. The molecule has 1 N–H and O–H groups in total. The molecule has 2 aromatic rings. The number of hydrogen-bond acceptors (Lipinski definition) is 6. The Labute approximate surface area is 155 Å². The molecule has 1 aliphatic heterocycles. The predicted octanol–water partition coefficient (Wildman–Crippen LogP) is 2.55. The zero-order valence-electron chi connectivity index (χ0n) is 15.5. The van der Waals surface area contributed by atoms with E-state index in [9.17, 15) is 14.4 Å². The van der Waals surface area contributed by atoms with Crippen LogP contribution >= 0.6 is 0 Å². The average Bonchev–Trinajstić information content (AvgIpc) is 2.60. The molecule has 1 aromatic heterocycles. The molecule has 1 aromatic carbocycles. The van der Waals surface area contributed by atoms with Crippen LogP contribution in [-0.4, -0.2) is 53.8 Å². The van der Waals surface area contributed by atoms with E-state index in [1.807, 2.05) is 20.8 Å². The van der Waals surface area contributed by atoms with Crippen molar-refractivity contribution < 1.29 is 23.8 Å².